The minimum atomic E-state index is 0.374. The first-order chi connectivity index (χ1) is 10.4. The molecule has 1 heterocycles. The van der Waals surface area contributed by atoms with E-state index in [0.717, 1.165) is 44.2 Å². The Bertz CT molecular complexity index is 286. The Labute approximate surface area is 130 Å². The summed E-state index contributed by atoms with van der Waals surface area (Å²) in [5.74, 6) is 0. The van der Waals surface area contributed by atoms with Crippen LogP contribution in [0, 0.1) is 5.41 Å². The molecule has 1 aliphatic heterocycles. The monoisotopic (exact) mass is 295 g/mol. The summed E-state index contributed by atoms with van der Waals surface area (Å²) >= 11 is 0. The molecule has 2 aliphatic carbocycles. The smallest absolute Gasteiger partial charge is 0.0809 e. The van der Waals surface area contributed by atoms with Crippen molar-refractivity contribution in [2.45, 2.75) is 82.8 Å². The Kier molecular flexibility index (Phi) is 5.96. The SMILES string of the molecule is C(CNC1CCC2(CCCC2)CC1)COCC1CCCO1. The first-order valence-corrected chi connectivity index (χ1v) is 9.29. The van der Waals surface area contributed by atoms with Gasteiger partial charge in [-0.15, -0.1) is 0 Å². The van der Waals surface area contributed by atoms with Crippen LogP contribution in [0.5, 0.6) is 0 Å². The van der Waals surface area contributed by atoms with Gasteiger partial charge in [0, 0.05) is 19.3 Å². The number of hydrogen-bond donors (Lipinski definition) is 1. The third-order valence-electron chi connectivity index (χ3n) is 5.94. The molecular weight excluding hydrogens is 262 g/mol. The van der Waals surface area contributed by atoms with Crippen LogP contribution in [-0.4, -0.2) is 38.5 Å². The van der Waals surface area contributed by atoms with Gasteiger partial charge in [-0.1, -0.05) is 12.8 Å². The Morgan fingerprint density at radius 1 is 1.00 bits per heavy atom. The first kappa shape index (κ1) is 15.8. The van der Waals surface area contributed by atoms with Crippen molar-refractivity contribution >= 4 is 0 Å². The fourth-order valence-corrected chi connectivity index (χ4v) is 4.53. The van der Waals surface area contributed by atoms with Crippen molar-refractivity contribution in [3.05, 3.63) is 0 Å². The maximum Gasteiger partial charge on any atom is 0.0809 e. The van der Waals surface area contributed by atoms with Crippen molar-refractivity contribution in [2.24, 2.45) is 5.41 Å². The minimum absolute atomic E-state index is 0.374. The summed E-state index contributed by atoms with van der Waals surface area (Å²) in [5, 5.41) is 3.75. The highest BCUT2D eigenvalue weighted by Crippen LogP contribution is 2.48. The lowest BCUT2D eigenvalue weighted by atomic mass is 9.71. The highest BCUT2D eigenvalue weighted by molar-refractivity contribution is 4.91. The summed E-state index contributed by atoms with van der Waals surface area (Å²) in [7, 11) is 0. The molecule has 3 rings (SSSR count). The van der Waals surface area contributed by atoms with Crippen molar-refractivity contribution in [2.75, 3.05) is 26.4 Å². The molecule has 3 nitrogen and oxygen atoms in total. The summed E-state index contributed by atoms with van der Waals surface area (Å²) in [5.41, 5.74) is 0.766. The first-order valence-electron chi connectivity index (χ1n) is 9.29. The zero-order chi connectivity index (χ0) is 14.4. The molecule has 0 aromatic carbocycles. The van der Waals surface area contributed by atoms with Crippen LogP contribution in [0.4, 0.5) is 0 Å². The second-order valence-corrected chi connectivity index (χ2v) is 7.50. The van der Waals surface area contributed by atoms with Gasteiger partial charge in [0.25, 0.3) is 0 Å². The van der Waals surface area contributed by atoms with Crippen LogP contribution in [0.15, 0.2) is 0 Å². The van der Waals surface area contributed by atoms with Gasteiger partial charge in [0.15, 0.2) is 0 Å². The quantitative estimate of drug-likeness (QED) is 0.727. The molecule has 2 saturated carbocycles. The van der Waals surface area contributed by atoms with Crippen LogP contribution in [0.25, 0.3) is 0 Å². The van der Waals surface area contributed by atoms with E-state index in [1.807, 2.05) is 0 Å². The number of rotatable bonds is 7. The third kappa shape index (κ3) is 4.67. The average Bonchev–Trinajstić information content (AvgIpc) is 3.17. The maximum atomic E-state index is 5.72. The molecule has 1 spiro atoms. The van der Waals surface area contributed by atoms with Gasteiger partial charge >= 0.3 is 0 Å². The highest BCUT2D eigenvalue weighted by atomic mass is 16.5. The van der Waals surface area contributed by atoms with Crippen molar-refractivity contribution < 1.29 is 9.47 Å². The number of hydrogen-bond acceptors (Lipinski definition) is 3. The van der Waals surface area contributed by atoms with Crippen LogP contribution < -0.4 is 5.32 Å². The predicted molar refractivity (Wildman–Crippen MR) is 85.6 cm³/mol. The lowest BCUT2D eigenvalue weighted by molar-refractivity contribution is 0.0164. The van der Waals surface area contributed by atoms with Crippen LogP contribution in [0.2, 0.25) is 0 Å². The zero-order valence-electron chi connectivity index (χ0n) is 13.6. The van der Waals surface area contributed by atoms with Gasteiger partial charge < -0.3 is 14.8 Å². The van der Waals surface area contributed by atoms with Gasteiger partial charge in [0.05, 0.1) is 12.7 Å². The molecule has 1 atom stereocenters. The molecule has 3 heteroatoms. The zero-order valence-corrected chi connectivity index (χ0v) is 13.6. The van der Waals surface area contributed by atoms with E-state index in [2.05, 4.69) is 5.32 Å². The molecule has 3 fully saturated rings. The van der Waals surface area contributed by atoms with Crippen LogP contribution in [0.3, 0.4) is 0 Å². The Morgan fingerprint density at radius 2 is 1.81 bits per heavy atom. The van der Waals surface area contributed by atoms with Crippen LogP contribution >= 0.6 is 0 Å². The summed E-state index contributed by atoms with van der Waals surface area (Å²) in [6, 6.07) is 0.773. The molecule has 0 radical (unpaired) electrons. The summed E-state index contributed by atoms with van der Waals surface area (Å²) in [6.07, 6.45) is 15.6. The van der Waals surface area contributed by atoms with Gasteiger partial charge in [-0.25, -0.2) is 0 Å². The van der Waals surface area contributed by atoms with Gasteiger partial charge in [-0.05, 0) is 69.7 Å². The molecule has 1 saturated heterocycles. The largest absolute Gasteiger partial charge is 0.379 e. The van der Waals surface area contributed by atoms with E-state index < -0.39 is 0 Å². The van der Waals surface area contributed by atoms with Crippen LogP contribution in [0.1, 0.15) is 70.6 Å². The molecule has 0 aromatic heterocycles. The van der Waals surface area contributed by atoms with E-state index >= 15 is 0 Å². The summed E-state index contributed by atoms with van der Waals surface area (Å²) in [6.45, 7) is 3.72. The van der Waals surface area contributed by atoms with E-state index in [1.54, 1.807) is 0 Å². The van der Waals surface area contributed by atoms with E-state index in [4.69, 9.17) is 9.47 Å². The molecule has 0 amide bonds. The topological polar surface area (TPSA) is 30.5 Å². The minimum Gasteiger partial charge on any atom is -0.379 e. The van der Waals surface area contributed by atoms with Crippen molar-refractivity contribution in [3.8, 4) is 0 Å². The number of ether oxygens (including phenoxy) is 2. The Morgan fingerprint density at radius 3 is 2.52 bits per heavy atom. The van der Waals surface area contributed by atoms with Crippen molar-refractivity contribution in [3.63, 3.8) is 0 Å². The highest BCUT2D eigenvalue weighted by Gasteiger charge is 2.37. The summed E-state index contributed by atoms with van der Waals surface area (Å²) < 4.78 is 11.3. The molecule has 0 bridgehead atoms. The van der Waals surface area contributed by atoms with Crippen LogP contribution in [-0.2, 0) is 9.47 Å². The number of nitrogens with one attached hydrogen (secondary N) is 1. The second-order valence-electron chi connectivity index (χ2n) is 7.50. The Hall–Kier alpha value is -0.120. The fourth-order valence-electron chi connectivity index (χ4n) is 4.53. The third-order valence-corrected chi connectivity index (χ3v) is 5.94. The van der Waals surface area contributed by atoms with Gasteiger partial charge in [-0.3, -0.25) is 0 Å². The van der Waals surface area contributed by atoms with E-state index in [1.165, 1.54) is 64.2 Å². The van der Waals surface area contributed by atoms with Gasteiger partial charge in [0.1, 0.15) is 0 Å². The van der Waals surface area contributed by atoms with E-state index in [0.29, 0.717) is 6.10 Å². The normalized spacial score (nSPS) is 29.4. The summed E-state index contributed by atoms with van der Waals surface area (Å²) in [4.78, 5) is 0. The van der Waals surface area contributed by atoms with E-state index in [-0.39, 0.29) is 0 Å². The molecule has 1 unspecified atom stereocenters. The predicted octanol–water partition coefficient (Wildman–Crippen LogP) is 3.66. The maximum absolute atomic E-state index is 5.72. The molecule has 122 valence electrons. The molecular formula is C18H33NO2. The standard InChI is InChI=1S/C18H33NO2/c1-2-9-18(8-1)10-6-16(7-11-18)19-12-4-13-20-15-17-5-3-14-21-17/h16-17,19H,1-15H2. The van der Waals surface area contributed by atoms with Crippen molar-refractivity contribution in [1.82, 2.24) is 5.32 Å². The van der Waals surface area contributed by atoms with Gasteiger partial charge in [0.2, 0.25) is 0 Å². The molecule has 21 heavy (non-hydrogen) atoms. The lowest BCUT2D eigenvalue weighted by Crippen LogP contribution is -2.37. The van der Waals surface area contributed by atoms with E-state index in [9.17, 15) is 0 Å². The molecule has 3 aliphatic rings. The lowest BCUT2D eigenvalue weighted by Gasteiger charge is -2.37. The Balaban J connectivity index is 1.19. The molecule has 1 N–H and O–H groups in total. The average molecular weight is 295 g/mol. The second kappa shape index (κ2) is 7.94. The van der Waals surface area contributed by atoms with Crippen molar-refractivity contribution in [1.29, 1.82) is 0 Å². The van der Waals surface area contributed by atoms with Gasteiger partial charge in [-0.2, -0.15) is 0 Å². The fraction of sp³-hybridized carbons (Fsp3) is 1.00. The molecule has 0 aromatic rings.